The minimum Gasteiger partial charge on any atom is -0.308 e. The van der Waals surface area contributed by atoms with Gasteiger partial charge in [-0.25, -0.2) is 9.97 Å². The lowest BCUT2D eigenvalue weighted by Gasteiger charge is -2.23. The van der Waals surface area contributed by atoms with Crippen LogP contribution in [-0.4, -0.2) is 17.0 Å². The van der Waals surface area contributed by atoms with Crippen LogP contribution in [0.1, 0.15) is 30.9 Å². The largest absolute Gasteiger partial charge is 0.308 e. The molecule has 0 aliphatic heterocycles. The Labute approximate surface area is 112 Å². The smallest absolute Gasteiger partial charge is 0.148 e. The van der Waals surface area contributed by atoms with E-state index in [1.165, 1.54) is 10.4 Å². The summed E-state index contributed by atoms with van der Waals surface area (Å²) >= 11 is 1.73. The van der Waals surface area contributed by atoms with Crippen LogP contribution in [0.25, 0.3) is 10.6 Å². The summed E-state index contributed by atoms with van der Waals surface area (Å²) in [5.74, 6) is 0.841. The number of aromatic nitrogens is 2. The van der Waals surface area contributed by atoms with E-state index in [1.807, 2.05) is 20.0 Å². The van der Waals surface area contributed by atoms with Crippen molar-refractivity contribution in [1.29, 1.82) is 0 Å². The third-order valence-electron chi connectivity index (χ3n) is 3.13. The molecular formula is C14H19N3S. The van der Waals surface area contributed by atoms with Gasteiger partial charge in [0.2, 0.25) is 0 Å². The molecule has 0 fully saturated rings. The number of hydrogen-bond acceptors (Lipinski definition) is 4. The molecule has 0 saturated heterocycles. The lowest BCUT2D eigenvalue weighted by molar-refractivity contribution is 0.416. The highest BCUT2D eigenvalue weighted by atomic mass is 32.1. The number of hydrogen-bond donors (Lipinski definition) is 1. The molecule has 0 bridgehead atoms. The zero-order chi connectivity index (χ0) is 13.3. The van der Waals surface area contributed by atoms with Crippen LogP contribution >= 0.6 is 11.3 Å². The van der Waals surface area contributed by atoms with E-state index in [2.05, 4.69) is 42.5 Å². The van der Waals surface area contributed by atoms with Gasteiger partial charge in [-0.1, -0.05) is 0 Å². The summed E-state index contributed by atoms with van der Waals surface area (Å²) in [5, 5.41) is 5.35. The molecule has 96 valence electrons. The maximum absolute atomic E-state index is 4.72. The predicted octanol–water partition coefficient (Wildman–Crippen LogP) is 3.28. The first kappa shape index (κ1) is 13.2. The van der Waals surface area contributed by atoms with Crippen molar-refractivity contribution < 1.29 is 0 Å². The average Bonchev–Trinajstić information content (AvgIpc) is 2.74. The summed E-state index contributed by atoms with van der Waals surface area (Å²) in [7, 11) is 1.93. The first-order valence-corrected chi connectivity index (χ1v) is 6.91. The molecule has 2 aromatic heterocycles. The minimum atomic E-state index is -0.216. The molecule has 0 atom stereocenters. The summed E-state index contributed by atoms with van der Waals surface area (Å²) in [6, 6.07) is 4.18. The van der Waals surface area contributed by atoms with E-state index in [0.717, 1.165) is 17.2 Å². The van der Waals surface area contributed by atoms with Crippen LogP contribution < -0.4 is 5.32 Å². The van der Waals surface area contributed by atoms with Crippen molar-refractivity contribution in [2.24, 2.45) is 0 Å². The van der Waals surface area contributed by atoms with E-state index < -0.39 is 0 Å². The second kappa shape index (κ2) is 4.78. The van der Waals surface area contributed by atoms with Gasteiger partial charge >= 0.3 is 0 Å². The van der Waals surface area contributed by atoms with E-state index in [9.17, 15) is 0 Å². The standard InChI is InChI=1S/C14H19N3S/c1-9-6-7-18-12(9)11-8-10(2)16-13(17-11)14(3,4)15-5/h6-8,15H,1-5H3. The van der Waals surface area contributed by atoms with E-state index >= 15 is 0 Å². The Morgan fingerprint density at radius 1 is 1.22 bits per heavy atom. The Bertz CT molecular complexity index is 558. The molecule has 18 heavy (non-hydrogen) atoms. The molecule has 2 aromatic rings. The molecule has 3 nitrogen and oxygen atoms in total. The van der Waals surface area contributed by atoms with Crippen LogP contribution in [0.2, 0.25) is 0 Å². The summed E-state index contributed by atoms with van der Waals surface area (Å²) in [6.45, 7) is 8.31. The predicted molar refractivity (Wildman–Crippen MR) is 76.9 cm³/mol. The fourth-order valence-electron chi connectivity index (χ4n) is 1.71. The second-order valence-electron chi connectivity index (χ2n) is 5.03. The molecule has 0 aliphatic rings. The van der Waals surface area contributed by atoms with Gasteiger partial charge in [-0.15, -0.1) is 11.3 Å². The lowest BCUT2D eigenvalue weighted by atomic mass is 10.0. The number of aryl methyl sites for hydroxylation is 2. The van der Waals surface area contributed by atoms with Crippen LogP contribution in [0.3, 0.4) is 0 Å². The Morgan fingerprint density at radius 3 is 2.50 bits per heavy atom. The average molecular weight is 261 g/mol. The van der Waals surface area contributed by atoms with Crippen LogP contribution in [0.15, 0.2) is 17.5 Å². The van der Waals surface area contributed by atoms with Gasteiger partial charge in [0, 0.05) is 5.69 Å². The number of thiophene rings is 1. The Morgan fingerprint density at radius 2 is 1.94 bits per heavy atom. The van der Waals surface area contributed by atoms with Gasteiger partial charge < -0.3 is 5.32 Å². The quantitative estimate of drug-likeness (QED) is 0.921. The highest BCUT2D eigenvalue weighted by Gasteiger charge is 2.22. The maximum Gasteiger partial charge on any atom is 0.148 e. The zero-order valence-electron chi connectivity index (χ0n) is 11.5. The van der Waals surface area contributed by atoms with Gasteiger partial charge in [0.05, 0.1) is 16.1 Å². The molecular weight excluding hydrogens is 242 g/mol. The molecule has 0 radical (unpaired) electrons. The Hall–Kier alpha value is -1.26. The molecule has 4 heteroatoms. The Kier molecular flexibility index (Phi) is 3.50. The monoisotopic (exact) mass is 261 g/mol. The SMILES string of the molecule is CNC(C)(C)c1nc(C)cc(-c2sccc2C)n1. The fraction of sp³-hybridized carbons (Fsp3) is 0.429. The summed E-state index contributed by atoms with van der Waals surface area (Å²) < 4.78 is 0. The van der Waals surface area contributed by atoms with E-state index in [-0.39, 0.29) is 5.54 Å². The highest BCUT2D eigenvalue weighted by Crippen LogP contribution is 2.29. The first-order valence-electron chi connectivity index (χ1n) is 6.03. The number of rotatable bonds is 3. The summed E-state index contributed by atoms with van der Waals surface area (Å²) in [6.07, 6.45) is 0. The van der Waals surface area contributed by atoms with Crippen molar-refractivity contribution in [3.05, 3.63) is 34.6 Å². The molecule has 1 N–H and O–H groups in total. The summed E-state index contributed by atoms with van der Waals surface area (Å²) in [4.78, 5) is 10.5. The van der Waals surface area contributed by atoms with Crippen molar-refractivity contribution in [3.63, 3.8) is 0 Å². The van der Waals surface area contributed by atoms with Gasteiger partial charge in [0.1, 0.15) is 5.82 Å². The Balaban J connectivity index is 2.55. The van der Waals surface area contributed by atoms with Gasteiger partial charge in [-0.3, -0.25) is 0 Å². The highest BCUT2D eigenvalue weighted by molar-refractivity contribution is 7.13. The molecule has 2 rings (SSSR count). The van der Waals surface area contributed by atoms with Crippen molar-refractivity contribution in [1.82, 2.24) is 15.3 Å². The maximum atomic E-state index is 4.72. The third kappa shape index (κ3) is 2.44. The van der Waals surface area contributed by atoms with Crippen LogP contribution in [0.5, 0.6) is 0 Å². The molecule has 2 heterocycles. The van der Waals surface area contributed by atoms with E-state index in [4.69, 9.17) is 4.98 Å². The molecule has 0 spiro atoms. The fourth-order valence-corrected chi connectivity index (χ4v) is 2.60. The van der Waals surface area contributed by atoms with E-state index in [0.29, 0.717) is 0 Å². The molecule has 0 unspecified atom stereocenters. The molecule has 0 aromatic carbocycles. The van der Waals surface area contributed by atoms with Gasteiger partial charge in [0.15, 0.2) is 0 Å². The van der Waals surface area contributed by atoms with Crippen molar-refractivity contribution in [3.8, 4) is 10.6 Å². The van der Waals surface area contributed by atoms with Crippen LogP contribution in [0, 0.1) is 13.8 Å². The molecule has 0 aliphatic carbocycles. The van der Waals surface area contributed by atoms with Gasteiger partial charge in [-0.2, -0.15) is 0 Å². The number of nitrogens with one attached hydrogen (secondary N) is 1. The van der Waals surface area contributed by atoms with Crippen molar-refractivity contribution in [2.75, 3.05) is 7.05 Å². The van der Waals surface area contributed by atoms with Crippen molar-refractivity contribution >= 4 is 11.3 Å². The lowest BCUT2D eigenvalue weighted by Crippen LogP contribution is -2.35. The number of nitrogens with zero attached hydrogens (tertiary/aromatic N) is 2. The van der Waals surface area contributed by atoms with E-state index in [1.54, 1.807) is 11.3 Å². The van der Waals surface area contributed by atoms with Crippen LogP contribution in [0.4, 0.5) is 0 Å². The van der Waals surface area contributed by atoms with Gasteiger partial charge in [-0.05, 0) is 57.8 Å². The molecule has 0 saturated carbocycles. The molecule has 0 amide bonds. The zero-order valence-corrected chi connectivity index (χ0v) is 12.4. The van der Waals surface area contributed by atoms with Crippen molar-refractivity contribution in [2.45, 2.75) is 33.2 Å². The van der Waals surface area contributed by atoms with Crippen LogP contribution in [-0.2, 0) is 5.54 Å². The second-order valence-corrected chi connectivity index (χ2v) is 5.94. The summed E-state index contributed by atoms with van der Waals surface area (Å²) in [5.41, 5.74) is 3.08. The topological polar surface area (TPSA) is 37.8 Å². The normalized spacial score (nSPS) is 11.8. The minimum absolute atomic E-state index is 0.216. The third-order valence-corrected chi connectivity index (χ3v) is 4.17. The first-order chi connectivity index (χ1) is 8.44. The van der Waals surface area contributed by atoms with Gasteiger partial charge in [0.25, 0.3) is 0 Å².